The van der Waals surface area contributed by atoms with Crippen molar-refractivity contribution in [3.05, 3.63) is 0 Å². The Labute approximate surface area is 72.4 Å². The maximum atomic E-state index is 10.8. The number of fused-ring (bicyclic) bond motifs is 1. The monoisotopic (exact) mass is 169 g/mol. The first-order chi connectivity index (χ1) is 5.79. The normalized spacial score (nSPS) is 36.3. The van der Waals surface area contributed by atoms with Gasteiger partial charge in [-0.2, -0.15) is 0 Å². The fourth-order valence-electron chi connectivity index (χ4n) is 2.52. The van der Waals surface area contributed by atoms with Gasteiger partial charge < -0.3 is 5.11 Å². The van der Waals surface area contributed by atoms with Crippen molar-refractivity contribution in [2.45, 2.75) is 44.2 Å². The number of carboxylic acid groups (broad SMARTS) is 1. The lowest BCUT2D eigenvalue weighted by molar-refractivity contribution is -0.143. The molecule has 0 unspecified atom stereocenters. The molecule has 0 saturated carbocycles. The summed E-state index contributed by atoms with van der Waals surface area (Å²) in [6, 6.07) is 0.412. The highest BCUT2D eigenvalue weighted by Gasteiger charge is 2.38. The van der Waals surface area contributed by atoms with E-state index in [0.717, 1.165) is 19.4 Å². The molecule has 0 amide bonds. The van der Waals surface area contributed by atoms with Crippen LogP contribution < -0.4 is 0 Å². The smallest absolute Gasteiger partial charge is 0.320 e. The van der Waals surface area contributed by atoms with E-state index >= 15 is 0 Å². The van der Waals surface area contributed by atoms with E-state index in [1.54, 1.807) is 0 Å². The van der Waals surface area contributed by atoms with Crippen molar-refractivity contribution in [2.75, 3.05) is 6.54 Å². The molecule has 2 atom stereocenters. The fourth-order valence-corrected chi connectivity index (χ4v) is 2.52. The quantitative estimate of drug-likeness (QED) is 0.638. The number of hydrogen-bond donors (Lipinski definition) is 1. The van der Waals surface area contributed by atoms with Crippen molar-refractivity contribution in [1.29, 1.82) is 0 Å². The summed E-state index contributed by atoms with van der Waals surface area (Å²) >= 11 is 0. The summed E-state index contributed by atoms with van der Waals surface area (Å²) in [5.74, 6) is -0.626. The highest BCUT2D eigenvalue weighted by Crippen LogP contribution is 2.31. The largest absolute Gasteiger partial charge is 0.480 e. The predicted octanol–water partition coefficient (Wildman–Crippen LogP) is 1.09. The molecule has 2 saturated heterocycles. The van der Waals surface area contributed by atoms with Gasteiger partial charge in [-0.1, -0.05) is 6.42 Å². The molecule has 2 aliphatic heterocycles. The van der Waals surface area contributed by atoms with Gasteiger partial charge in [0, 0.05) is 6.04 Å². The number of piperidine rings is 1. The molecule has 2 fully saturated rings. The molecule has 0 aromatic heterocycles. The first kappa shape index (κ1) is 8.05. The summed E-state index contributed by atoms with van der Waals surface area (Å²) < 4.78 is 0. The molecule has 0 bridgehead atoms. The highest BCUT2D eigenvalue weighted by atomic mass is 16.4. The van der Waals surface area contributed by atoms with Crippen LogP contribution in [0.2, 0.25) is 0 Å². The lowest BCUT2D eigenvalue weighted by Crippen LogP contribution is -2.43. The first-order valence-electron chi connectivity index (χ1n) is 4.77. The Morgan fingerprint density at radius 1 is 1.25 bits per heavy atom. The van der Waals surface area contributed by atoms with Gasteiger partial charge in [0.1, 0.15) is 6.04 Å². The van der Waals surface area contributed by atoms with Crippen molar-refractivity contribution in [3.63, 3.8) is 0 Å². The maximum absolute atomic E-state index is 10.8. The molecule has 0 aliphatic carbocycles. The molecule has 0 aromatic rings. The number of aliphatic carboxylic acids is 1. The Hall–Kier alpha value is -0.570. The minimum Gasteiger partial charge on any atom is -0.480 e. The predicted molar refractivity (Wildman–Crippen MR) is 45.0 cm³/mol. The molecular formula is C9H15NO2. The van der Waals surface area contributed by atoms with E-state index in [0.29, 0.717) is 6.04 Å². The zero-order valence-corrected chi connectivity index (χ0v) is 7.20. The highest BCUT2D eigenvalue weighted by molar-refractivity contribution is 5.73. The zero-order chi connectivity index (χ0) is 8.55. The van der Waals surface area contributed by atoms with Crippen LogP contribution in [-0.2, 0) is 4.79 Å². The van der Waals surface area contributed by atoms with Gasteiger partial charge in [-0.25, -0.2) is 0 Å². The summed E-state index contributed by atoms with van der Waals surface area (Å²) in [5.41, 5.74) is 0. The van der Waals surface area contributed by atoms with Crippen LogP contribution in [0, 0.1) is 0 Å². The Bertz CT molecular complexity index is 193. The number of carboxylic acids is 1. The average Bonchev–Trinajstić information content (AvgIpc) is 2.47. The van der Waals surface area contributed by atoms with Crippen molar-refractivity contribution >= 4 is 5.97 Å². The van der Waals surface area contributed by atoms with E-state index in [2.05, 4.69) is 4.90 Å². The van der Waals surface area contributed by atoms with E-state index in [1.165, 1.54) is 19.3 Å². The van der Waals surface area contributed by atoms with Crippen LogP contribution in [0.25, 0.3) is 0 Å². The summed E-state index contributed by atoms with van der Waals surface area (Å²) in [5, 5.41) is 8.91. The van der Waals surface area contributed by atoms with Gasteiger partial charge in [-0.05, 0) is 32.2 Å². The van der Waals surface area contributed by atoms with Crippen molar-refractivity contribution in [3.8, 4) is 0 Å². The SMILES string of the molecule is O=C(O)[C@@H]1CC[C@H]2CCCCN21. The molecule has 12 heavy (non-hydrogen) atoms. The molecule has 2 rings (SSSR count). The average molecular weight is 169 g/mol. The van der Waals surface area contributed by atoms with Crippen LogP contribution in [0.4, 0.5) is 0 Å². The van der Waals surface area contributed by atoms with Gasteiger partial charge in [0.05, 0.1) is 0 Å². The molecule has 1 N–H and O–H groups in total. The number of carbonyl (C=O) groups is 1. The van der Waals surface area contributed by atoms with Gasteiger partial charge >= 0.3 is 5.97 Å². The third-order valence-corrected chi connectivity index (χ3v) is 3.13. The maximum Gasteiger partial charge on any atom is 0.320 e. The first-order valence-corrected chi connectivity index (χ1v) is 4.77. The lowest BCUT2D eigenvalue weighted by atomic mass is 10.0. The zero-order valence-electron chi connectivity index (χ0n) is 7.20. The molecule has 2 aliphatic rings. The minimum absolute atomic E-state index is 0.171. The Kier molecular flexibility index (Phi) is 2.05. The molecule has 0 aromatic carbocycles. The van der Waals surface area contributed by atoms with Crippen LogP contribution in [0.3, 0.4) is 0 Å². The fraction of sp³-hybridized carbons (Fsp3) is 0.889. The minimum atomic E-state index is -0.626. The Balaban J connectivity index is 2.05. The summed E-state index contributed by atoms with van der Waals surface area (Å²) in [6.45, 7) is 1.00. The molecule has 3 heteroatoms. The Morgan fingerprint density at radius 3 is 2.83 bits per heavy atom. The van der Waals surface area contributed by atoms with Gasteiger partial charge in [0.25, 0.3) is 0 Å². The van der Waals surface area contributed by atoms with Gasteiger partial charge in [-0.3, -0.25) is 9.69 Å². The van der Waals surface area contributed by atoms with Crippen LogP contribution in [-0.4, -0.2) is 34.6 Å². The van der Waals surface area contributed by atoms with E-state index in [-0.39, 0.29) is 6.04 Å². The summed E-state index contributed by atoms with van der Waals surface area (Å²) in [4.78, 5) is 13.0. The molecule has 2 heterocycles. The molecule has 0 radical (unpaired) electrons. The van der Waals surface area contributed by atoms with Crippen molar-refractivity contribution < 1.29 is 9.90 Å². The molecular weight excluding hydrogens is 154 g/mol. The number of nitrogens with zero attached hydrogens (tertiary/aromatic N) is 1. The second-order valence-corrected chi connectivity index (χ2v) is 3.82. The molecule has 68 valence electrons. The topological polar surface area (TPSA) is 40.5 Å². The summed E-state index contributed by atoms with van der Waals surface area (Å²) in [6.07, 6.45) is 5.63. The molecule has 3 nitrogen and oxygen atoms in total. The van der Waals surface area contributed by atoms with Crippen molar-refractivity contribution in [2.24, 2.45) is 0 Å². The second kappa shape index (κ2) is 3.05. The number of rotatable bonds is 1. The molecule has 0 spiro atoms. The van der Waals surface area contributed by atoms with E-state index < -0.39 is 5.97 Å². The third kappa shape index (κ3) is 1.22. The van der Waals surface area contributed by atoms with Crippen LogP contribution in [0.1, 0.15) is 32.1 Å². The van der Waals surface area contributed by atoms with E-state index in [4.69, 9.17) is 5.11 Å². The standard InChI is InChI=1S/C9H15NO2/c11-9(12)8-5-4-7-3-1-2-6-10(7)8/h7-8H,1-6H2,(H,11,12)/t7-,8+/m1/s1. The van der Waals surface area contributed by atoms with Crippen LogP contribution in [0.15, 0.2) is 0 Å². The lowest BCUT2D eigenvalue weighted by Gasteiger charge is -2.31. The number of hydrogen-bond acceptors (Lipinski definition) is 2. The van der Waals surface area contributed by atoms with Crippen molar-refractivity contribution in [1.82, 2.24) is 4.90 Å². The van der Waals surface area contributed by atoms with Gasteiger partial charge in [0.2, 0.25) is 0 Å². The second-order valence-electron chi connectivity index (χ2n) is 3.82. The van der Waals surface area contributed by atoms with Gasteiger partial charge in [-0.15, -0.1) is 0 Å². The van der Waals surface area contributed by atoms with E-state index in [9.17, 15) is 4.79 Å². The summed E-state index contributed by atoms with van der Waals surface area (Å²) in [7, 11) is 0. The van der Waals surface area contributed by atoms with E-state index in [1.807, 2.05) is 0 Å². The Morgan fingerprint density at radius 2 is 2.08 bits per heavy atom. The van der Waals surface area contributed by atoms with Gasteiger partial charge in [0.15, 0.2) is 0 Å². The van der Waals surface area contributed by atoms with Crippen LogP contribution in [0.5, 0.6) is 0 Å². The third-order valence-electron chi connectivity index (χ3n) is 3.13. The van der Waals surface area contributed by atoms with Crippen LogP contribution >= 0.6 is 0 Å².